The Morgan fingerprint density at radius 2 is 2.21 bits per heavy atom. The summed E-state index contributed by atoms with van der Waals surface area (Å²) in [6.45, 7) is 8.02. The molecule has 0 fully saturated rings. The average Bonchev–Trinajstić information content (AvgIpc) is 2.93. The fraction of sp³-hybridized carbons (Fsp3) is 0.647. The van der Waals surface area contributed by atoms with Crippen molar-refractivity contribution in [3.63, 3.8) is 0 Å². The van der Waals surface area contributed by atoms with Crippen molar-refractivity contribution in [2.45, 2.75) is 57.4 Å². The number of thiophene rings is 1. The van der Waals surface area contributed by atoms with E-state index in [4.69, 9.17) is 19.8 Å². The van der Waals surface area contributed by atoms with Gasteiger partial charge in [-0.25, -0.2) is 9.97 Å². The van der Waals surface area contributed by atoms with Crippen molar-refractivity contribution in [1.82, 2.24) is 9.97 Å². The Morgan fingerprint density at radius 1 is 1.38 bits per heavy atom. The molecule has 1 aliphatic rings. The zero-order valence-electron chi connectivity index (χ0n) is 14.5. The Labute approximate surface area is 151 Å². The lowest BCUT2D eigenvalue weighted by Gasteiger charge is -2.33. The molecule has 0 amide bonds. The van der Waals surface area contributed by atoms with Gasteiger partial charge >= 0.3 is 0 Å². The van der Waals surface area contributed by atoms with Gasteiger partial charge in [0, 0.05) is 24.4 Å². The van der Waals surface area contributed by atoms with E-state index in [1.165, 1.54) is 10.4 Å². The quantitative estimate of drug-likeness (QED) is 0.440. The molecule has 3 rings (SSSR count). The molecule has 0 aromatic carbocycles. The Bertz CT molecular complexity index is 719. The SMILES string of the molecule is CCSc1nc(NCCCO)c2c3c(sc2n1)CO[C@](C)(CC)C3. The third-order valence-electron chi connectivity index (χ3n) is 4.46. The molecule has 2 aromatic heterocycles. The lowest BCUT2D eigenvalue weighted by atomic mass is 9.90. The number of anilines is 1. The number of nitrogens with one attached hydrogen (secondary N) is 1. The highest BCUT2D eigenvalue weighted by Crippen LogP contribution is 2.42. The normalized spacial score (nSPS) is 20.3. The number of nitrogens with zero attached hydrogens (tertiary/aromatic N) is 2. The molecule has 7 heteroatoms. The van der Waals surface area contributed by atoms with E-state index in [1.54, 1.807) is 23.1 Å². The molecule has 1 atom stereocenters. The smallest absolute Gasteiger partial charge is 0.190 e. The van der Waals surface area contributed by atoms with Gasteiger partial charge in [0.25, 0.3) is 0 Å². The van der Waals surface area contributed by atoms with Crippen molar-refractivity contribution in [2.24, 2.45) is 0 Å². The van der Waals surface area contributed by atoms with E-state index >= 15 is 0 Å². The van der Waals surface area contributed by atoms with Gasteiger partial charge in [-0.1, -0.05) is 25.6 Å². The minimum Gasteiger partial charge on any atom is -0.396 e. The molecule has 1 aliphatic heterocycles. The lowest BCUT2D eigenvalue weighted by Crippen LogP contribution is -2.34. The molecular weight excluding hydrogens is 342 g/mol. The number of aliphatic hydroxyl groups is 1. The Balaban J connectivity index is 2.06. The number of fused-ring (bicyclic) bond motifs is 3. The number of ether oxygens (including phenoxy) is 1. The maximum atomic E-state index is 9.06. The second kappa shape index (κ2) is 7.56. The van der Waals surface area contributed by atoms with Gasteiger partial charge in [-0.05, 0) is 31.1 Å². The minimum atomic E-state index is -0.111. The summed E-state index contributed by atoms with van der Waals surface area (Å²) in [6.07, 6.45) is 2.60. The second-order valence-corrected chi connectivity index (χ2v) is 8.56. The van der Waals surface area contributed by atoms with Crippen molar-refractivity contribution in [3.05, 3.63) is 10.4 Å². The van der Waals surface area contributed by atoms with Crippen LogP contribution in [0.3, 0.4) is 0 Å². The predicted octanol–water partition coefficient (Wildman–Crippen LogP) is 3.84. The van der Waals surface area contributed by atoms with E-state index in [9.17, 15) is 0 Å². The van der Waals surface area contributed by atoms with Crippen LogP contribution in [0.15, 0.2) is 5.16 Å². The maximum Gasteiger partial charge on any atom is 0.190 e. The van der Waals surface area contributed by atoms with Gasteiger partial charge in [-0.15, -0.1) is 11.3 Å². The number of thioether (sulfide) groups is 1. The molecule has 0 aliphatic carbocycles. The maximum absolute atomic E-state index is 9.06. The van der Waals surface area contributed by atoms with Crippen LogP contribution in [0, 0.1) is 0 Å². The fourth-order valence-electron chi connectivity index (χ4n) is 2.89. The van der Waals surface area contributed by atoms with Gasteiger partial charge in [0.1, 0.15) is 10.6 Å². The van der Waals surface area contributed by atoms with E-state index in [0.717, 1.165) is 39.8 Å². The van der Waals surface area contributed by atoms with Crippen LogP contribution in [-0.4, -0.2) is 39.6 Å². The molecule has 0 unspecified atom stereocenters. The number of hydrogen-bond acceptors (Lipinski definition) is 7. The van der Waals surface area contributed by atoms with Crippen LogP contribution < -0.4 is 5.32 Å². The van der Waals surface area contributed by atoms with E-state index in [-0.39, 0.29) is 12.2 Å². The summed E-state index contributed by atoms with van der Waals surface area (Å²) < 4.78 is 6.09. The first-order valence-corrected chi connectivity index (χ1v) is 10.3. The summed E-state index contributed by atoms with van der Waals surface area (Å²) >= 11 is 3.38. The zero-order valence-corrected chi connectivity index (χ0v) is 16.1. The third-order valence-corrected chi connectivity index (χ3v) is 6.29. The van der Waals surface area contributed by atoms with Crippen molar-refractivity contribution in [1.29, 1.82) is 0 Å². The summed E-state index contributed by atoms with van der Waals surface area (Å²) in [5.74, 6) is 1.85. The summed E-state index contributed by atoms with van der Waals surface area (Å²) in [6, 6.07) is 0. The van der Waals surface area contributed by atoms with Crippen molar-refractivity contribution in [3.8, 4) is 0 Å². The first-order chi connectivity index (χ1) is 11.6. The second-order valence-electron chi connectivity index (χ2n) is 6.24. The number of rotatable bonds is 7. The molecule has 5 nitrogen and oxygen atoms in total. The highest BCUT2D eigenvalue weighted by molar-refractivity contribution is 7.99. The first-order valence-electron chi connectivity index (χ1n) is 8.54. The third kappa shape index (κ3) is 3.54. The van der Waals surface area contributed by atoms with Crippen molar-refractivity contribution in [2.75, 3.05) is 24.2 Å². The fourth-order valence-corrected chi connectivity index (χ4v) is 4.62. The van der Waals surface area contributed by atoms with Gasteiger partial charge in [-0.2, -0.15) is 0 Å². The van der Waals surface area contributed by atoms with Gasteiger partial charge < -0.3 is 15.2 Å². The zero-order chi connectivity index (χ0) is 17.2. The van der Waals surface area contributed by atoms with E-state index in [1.807, 2.05) is 0 Å². The van der Waals surface area contributed by atoms with E-state index in [0.29, 0.717) is 19.6 Å². The highest BCUT2D eigenvalue weighted by Gasteiger charge is 2.33. The Hall–Kier alpha value is -0.890. The monoisotopic (exact) mass is 367 g/mol. The van der Waals surface area contributed by atoms with Gasteiger partial charge in [-0.3, -0.25) is 0 Å². The molecule has 2 aromatic rings. The Kier molecular flexibility index (Phi) is 5.64. The van der Waals surface area contributed by atoms with Crippen LogP contribution in [0.5, 0.6) is 0 Å². The van der Waals surface area contributed by atoms with Crippen molar-refractivity contribution >= 4 is 39.1 Å². The number of aliphatic hydroxyl groups excluding tert-OH is 1. The van der Waals surface area contributed by atoms with E-state index < -0.39 is 0 Å². The van der Waals surface area contributed by atoms with Crippen LogP contribution in [0.2, 0.25) is 0 Å². The summed E-state index contributed by atoms with van der Waals surface area (Å²) in [5, 5.41) is 14.4. The Morgan fingerprint density at radius 3 is 2.92 bits per heavy atom. The molecule has 0 saturated heterocycles. The molecule has 3 heterocycles. The topological polar surface area (TPSA) is 67.3 Å². The van der Waals surface area contributed by atoms with Gasteiger partial charge in [0.15, 0.2) is 5.16 Å². The van der Waals surface area contributed by atoms with Gasteiger partial charge in [0.05, 0.1) is 17.6 Å². The standard InChI is InChI=1S/C17H25N3O2S2/c1-4-17(3)9-11-12(10-22-17)24-15-13(11)14(18-7-6-8-21)19-16(20-15)23-5-2/h21H,4-10H2,1-3H3,(H,18,19,20)/t17-/m1/s1. The van der Waals surface area contributed by atoms with E-state index in [2.05, 4.69) is 26.1 Å². The van der Waals surface area contributed by atoms with Crippen LogP contribution in [0.4, 0.5) is 5.82 Å². The predicted molar refractivity (Wildman–Crippen MR) is 101 cm³/mol. The highest BCUT2D eigenvalue weighted by atomic mass is 32.2. The van der Waals surface area contributed by atoms with Gasteiger partial charge in [0.2, 0.25) is 0 Å². The minimum absolute atomic E-state index is 0.111. The van der Waals surface area contributed by atoms with Crippen LogP contribution in [-0.2, 0) is 17.8 Å². The van der Waals surface area contributed by atoms with Crippen LogP contribution in [0.1, 0.15) is 44.1 Å². The molecule has 0 bridgehead atoms. The molecule has 24 heavy (non-hydrogen) atoms. The summed E-state index contributed by atoms with van der Waals surface area (Å²) in [7, 11) is 0. The summed E-state index contributed by atoms with van der Waals surface area (Å²) in [4.78, 5) is 11.8. The largest absolute Gasteiger partial charge is 0.396 e. The molecular formula is C17H25N3O2S2. The van der Waals surface area contributed by atoms with Crippen molar-refractivity contribution < 1.29 is 9.84 Å². The average molecular weight is 368 g/mol. The lowest BCUT2D eigenvalue weighted by molar-refractivity contribution is -0.0542. The molecule has 132 valence electrons. The molecule has 0 radical (unpaired) electrons. The molecule has 0 spiro atoms. The first kappa shape index (κ1) is 17.9. The molecule has 0 saturated carbocycles. The van der Waals surface area contributed by atoms with Crippen LogP contribution >= 0.6 is 23.1 Å². The molecule has 2 N–H and O–H groups in total. The summed E-state index contributed by atoms with van der Waals surface area (Å²) in [5.41, 5.74) is 1.23. The van der Waals surface area contributed by atoms with Crippen LogP contribution in [0.25, 0.3) is 10.2 Å². The number of aromatic nitrogens is 2. The number of hydrogen-bond donors (Lipinski definition) is 2.